The van der Waals surface area contributed by atoms with E-state index in [0.717, 1.165) is 0 Å². The van der Waals surface area contributed by atoms with E-state index in [2.05, 4.69) is 5.32 Å². The van der Waals surface area contributed by atoms with Crippen LogP contribution in [0.4, 0.5) is 0 Å². The molecule has 0 aromatic heterocycles. The van der Waals surface area contributed by atoms with Crippen LogP contribution in [0.5, 0.6) is 0 Å². The molecule has 0 aromatic rings. The Morgan fingerprint density at radius 1 is 1.80 bits per heavy atom. The number of hydrogen-bond acceptors (Lipinski definition) is 3. The third-order valence-corrected chi connectivity index (χ3v) is 1.83. The lowest BCUT2D eigenvalue weighted by molar-refractivity contribution is -0.117. The molecule has 0 radical (unpaired) electrons. The van der Waals surface area contributed by atoms with Crippen LogP contribution in [0.3, 0.4) is 0 Å². The molecule has 3 N–H and O–H groups in total. The van der Waals surface area contributed by atoms with Crippen LogP contribution in [-0.2, 0) is 9.59 Å². The maximum Gasteiger partial charge on any atom is 0.244 e. The van der Waals surface area contributed by atoms with Crippen LogP contribution < -0.4 is 11.1 Å². The Morgan fingerprint density at radius 3 is 2.90 bits per heavy atom. The lowest BCUT2D eigenvalue weighted by Crippen LogP contribution is -2.16. The van der Waals surface area contributed by atoms with Gasteiger partial charge in [-0.25, -0.2) is 0 Å². The van der Waals surface area contributed by atoms with Crippen LogP contribution in [0.2, 0.25) is 0 Å². The zero-order valence-corrected chi connectivity index (χ0v) is 5.90. The second kappa shape index (κ2) is 2.74. The van der Waals surface area contributed by atoms with Crippen molar-refractivity contribution in [2.45, 2.75) is 0 Å². The van der Waals surface area contributed by atoms with Gasteiger partial charge in [0.25, 0.3) is 0 Å². The summed E-state index contributed by atoms with van der Waals surface area (Å²) in [5.41, 5.74) is 4.84. The van der Waals surface area contributed by atoms with Crippen LogP contribution in [0, 0.1) is 0 Å². The average Bonchev–Trinajstić information content (AvgIpc) is 2.13. The molecule has 0 unspecified atom stereocenters. The zero-order chi connectivity index (χ0) is 7.56. The summed E-state index contributed by atoms with van der Waals surface area (Å²) >= 11 is 1.28. The third-order valence-electron chi connectivity index (χ3n) is 0.895. The number of primary amides is 1. The van der Waals surface area contributed by atoms with Gasteiger partial charge in [-0.3, -0.25) is 9.59 Å². The monoisotopic (exact) mass is 158 g/mol. The second-order valence-corrected chi connectivity index (χ2v) is 2.76. The molecule has 1 aliphatic rings. The molecule has 0 atom stereocenters. The highest BCUT2D eigenvalue weighted by molar-refractivity contribution is 8.04. The van der Waals surface area contributed by atoms with Gasteiger partial charge in [0.05, 0.1) is 10.8 Å². The van der Waals surface area contributed by atoms with Crippen molar-refractivity contribution < 1.29 is 9.59 Å². The van der Waals surface area contributed by atoms with Crippen LogP contribution in [0.25, 0.3) is 0 Å². The van der Waals surface area contributed by atoms with Crippen molar-refractivity contribution in [3.63, 3.8) is 0 Å². The van der Waals surface area contributed by atoms with E-state index in [1.54, 1.807) is 0 Å². The van der Waals surface area contributed by atoms with Crippen molar-refractivity contribution in [2.75, 3.05) is 5.75 Å². The van der Waals surface area contributed by atoms with Crippen LogP contribution in [0.1, 0.15) is 0 Å². The van der Waals surface area contributed by atoms with Crippen LogP contribution >= 0.6 is 11.8 Å². The summed E-state index contributed by atoms with van der Waals surface area (Å²) in [4.78, 5) is 20.8. The first-order chi connectivity index (χ1) is 4.68. The van der Waals surface area contributed by atoms with E-state index in [-0.39, 0.29) is 5.91 Å². The number of carbonyl (C=O) groups excluding carboxylic acids is 2. The highest BCUT2D eigenvalue weighted by Gasteiger charge is 2.14. The fourth-order valence-electron chi connectivity index (χ4n) is 0.560. The van der Waals surface area contributed by atoms with E-state index in [1.165, 1.54) is 17.8 Å². The first-order valence-corrected chi connectivity index (χ1v) is 3.61. The Bertz CT molecular complexity index is 212. The molecule has 0 bridgehead atoms. The van der Waals surface area contributed by atoms with Gasteiger partial charge in [-0.2, -0.15) is 0 Å². The van der Waals surface area contributed by atoms with E-state index in [0.29, 0.717) is 10.8 Å². The molecule has 0 saturated carbocycles. The normalized spacial score (nSPS) is 21.2. The average molecular weight is 158 g/mol. The van der Waals surface area contributed by atoms with E-state index in [9.17, 15) is 9.59 Å². The van der Waals surface area contributed by atoms with E-state index in [4.69, 9.17) is 5.73 Å². The predicted molar refractivity (Wildman–Crippen MR) is 37.9 cm³/mol. The smallest absolute Gasteiger partial charge is 0.244 e. The Morgan fingerprint density at radius 2 is 2.50 bits per heavy atom. The fraction of sp³-hybridized carbons (Fsp3) is 0.200. The molecule has 1 heterocycles. The largest absolute Gasteiger partial charge is 0.366 e. The molecular formula is C5H6N2O2S. The molecule has 0 aliphatic carbocycles. The summed E-state index contributed by atoms with van der Waals surface area (Å²) in [6.45, 7) is 0. The molecular weight excluding hydrogens is 152 g/mol. The molecule has 0 aromatic carbocycles. The molecule has 5 heteroatoms. The standard InChI is InChI=1S/C5H6N2O2S/c6-3(8)1-5-7-4(9)2-10-5/h1H,2H2,(H2,6,8)(H,7,9)/b5-1-. The highest BCUT2D eigenvalue weighted by atomic mass is 32.2. The minimum absolute atomic E-state index is 0.0856. The second-order valence-electron chi connectivity index (χ2n) is 1.75. The van der Waals surface area contributed by atoms with E-state index >= 15 is 0 Å². The van der Waals surface area contributed by atoms with Gasteiger partial charge in [0, 0.05) is 6.08 Å². The van der Waals surface area contributed by atoms with Gasteiger partial charge < -0.3 is 11.1 Å². The number of thioether (sulfide) groups is 1. The van der Waals surface area contributed by atoms with Crippen molar-refractivity contribution in [3.8, 4) is 0 Å². The third kappa shape index (κ3) is 1.77. The summed E-state index contributed by atoms with van der Waals surface area (Å²) in [6.07, 6.45) is 1.20. The lowest BCUT2D eigenvalue weighted by Gasteiger charge is -1.90. The minimum atomic E-state index is -0.537. The Kier molecular flexibility index (Phi) is 1.96. The number of hydrogen-bond donors (Lipinski definition) is 2. The van der Waals surface area contributed by atoms with E-state index < -0.39 is 5.91 Å². The van der Waals surface area contributed by atoms with Crippen molar-refractivity contribution in [3.05, 3.63) is 11.1 Å². The van der Waals surface area contributed by atoms with Gasteiger partial charge in [0.2, 0.25) is 11.8 Å². The van der Waals surface area contributed by atoms with E-state index in [1.807, 2.05) is 0 Å². The number of rotatable bonds is 1. The number of nitrogens with two attached hydrogens (primary N) is 1. The predicted octanol–water partition coefficient (Wildman–Crippen LogP) is -0.824. The van der Waals surface area contributed by atoms with Crippen LogP contribution in [-0.4, -0.2) is 17.6 Å². The van der Waals surface area contributed by atoms with Crippen molar-refractivity contribution in [1.29, 1.82) is 0 Å². The molecule has 4 nitrogen and oxygen atoms in total. The molecule has 1 saturated heterocycles. The quantitative estimate of drug-likeness (QED) is 0.489. The van der Waals surface area contributed by atoms with Crippen molar-refractivity contribution in [1.82, 2.24) is 5.32 Å². The van der Waals surface area contributed by atoms with Gasteiger partial charge in [-0.05, 0) is 0 Å². The summed E-state index contributed by atoms with van der Waals surface area (Å²) in [7, 11) is 0. The molecule has 54 valence electrons. The highest BCUT2D eigenvalue weighted by Crippen LogP contribution is 2.17. The molecule has 0 spiro atoms. The zero-order valence-electron chi connectivity index (χ0n) is 5.09. The molecule has 1 rings (SSSR count). The number of carbonyl (C=O) groups is 2. The maximum atomic E-state index is 10.5. The molecule has 10 heavy (non-hydrogen) atoms. The van der Waals surface area contributed by atoms with Gasteiger partial charge in [0.15, 0.2) is 0 Å². The first kappa shape index (κ1) is 7.14. The Labute approximate surface area is 61.8 Å². The van der Waals surface area contributed by atoms with Gasteiger partial charge >= 0.3 is 0 Å². The first-order valence-electron chi connectivity index (χ1n) is 2.62. The number of amides is 2. The summed E-state index contributed by atoms with van der Waals surface area (Å²) in [6, 6.07) is 0. The summed E-state index contributed by atoms with van der Waals surface area (Å²) in [5, 5.41) is 3.01. The van der Waals surface area contributed by atoms with Crippen molar-refractivity contribution in [2.24, 2.45) is 5.73 Å². The molecule has 1 fully saturated rings. The number of nitrogens with one attached hydrogen (secondary N) is 1. The van der Waals surface area contributed by atoms with Gasteiger partial charge in [0.1, 0.15) is 0 Å². The fourth-order valence-corrected chi connectivity index (χ4v) is 1.30. The minimum Gasteiger partial charge on any atom is -0.366 e. The Balaban J connectivity index is 2.59. The van der Waals surface area contributed by atoms with Crippen LogP contribution in [0.15, 0.2) is 11.1 Å². The van der Waals surface area contributed by atoms with Gasteiger partial charge in [-0.1, -0.05) is 11.8 Å². The van der Waals surface area contributed by atoms with Gasteiger partial charge in [-0.15, -0.1) is 0 Å². The maximum absolute atomic E-state index is 10.5. The molecule has 2 amide bonds. The SMILES string of the molecule is NC(=O)/C=C1/NC(=O)CS1. The topological polar surface area (TPSA) is 72.2 Å². The lowest BCUT2D eigenvalue weighted by atomic mass is 10.6. The van der Waals surface area contributed by atoms with Crippen molar-refractivity contribution >= 4 is 23.6 Å². The molecule has 1 aliphatic heterocycles. The summed E-state index contributed by atoms with van der Waals surface area (Å²) in [5.74, 6) is -0.249. The summed E-state index contributed by atoms with van der Waals surface area (Å²) < 4.78 is 0. The Hall–Kier alpha value is -0.970.